The molecule has 0 bridgehead atoms. The van der Waals surface area contributed by atoms with Crippen molar-refractivity contribution in [1.29, 1.82) is 0 Å². The first-order valence-corrected chi connectivity index (χ1v) is 8.57. The summed E-state index contributed by atoms with van der Waals surface area (Å²) >= 11 is 5.93. The molecule has 0 spiro atoms. The van der Waals surface area contributed by atoms with Crippen LogP contribution in [0.2, 0.25) is 5.02 Å². The lowest BCUT2D eigenvalue weighted by atomic mass is 10.3. The molecule has 1 heterocycles. The van der Waals surface area contributed by atoms with Gasteiger partial charge in [-0.3, -0.25) is 5.10 Å². The lowest BCUT2D eigenvalue weighted by Crippen LogP contribution is -2.06. The van der Waals surface area contributed by atoms with Crippen molar-refractivity contribution >= 4 is 34.9 Å². The van der Waals surface area contributed by atoms with Gasteiger partial charge >= 0.3 is 0 Å². The summed E-state index contributed by atoms with van der Waals surface area (Å²) in [5.41, 5.74) is 7.55. The average Bonchev–Trinajstić information content (AvgIpc) is 3.13. The molecule has 2 aromatic carbocycles. The molecule has 3 aromatic rings. The van der Waals surface area contributed by atoms with Crippen LogP contribution in [0.5, 0.6) is 5.75 Å². The van der Waals surface area contributed by atoms with Crippen molar-refractivity contribution in [1.82, 2.24) is 15.2 Å². The number of hydrogen-bond acceptors (Lipinski definition) is 5. The smallest absolute Gasteiger partial charge is 0.174 e. The van der Waals surface area contributed by atoms with E-state index in [1.807, 2.05) is 36.4 Å². The van der Waals surface area contributed by atoms with Crippen molar-refractivity contribution in [2.45, 2.75) is 6.54 Å². The van der Waals surface area contributed by atoms with Crippen LogP contribution in [0.1, 0.15) is 11.6 Å². The van der Waals surface area contributed by atoms with Crippen molar-refractivity contribution < 1.29 is 4.74 Å². The third-order valence-corrected chi connectivity index (χ3v) is 3.80. The van der Waals surface area contributed by atoms with E-state index in [4.69, 9.17) is 22.1 Å². The first-order chi connectivity index (χ1) is 13.1. The van der Waals surface area contributed by atoms with Gasteiger partial charge in [-0.2, -0.15) is 5.10 Å². The second kappa shape index (κ2) is 8.86. The van der Waals surface area contributed by atoms with Crippen LogP contribution in [0.4, 0.5) is 11.4 Å². The standard InChI is InChI=1S/C19H19ClN6O/c1-27-16-7-5-14(6-8-16)22-12-19-24-18(25-26-19)10-9-17(21)23-15-4-2-3-13(20)11-15/h2-11,22H,12H2,1H3,(H2,21,23)(H,24,25,26)/b10-9-. The quantitative estimate of drug-likeness (QED) is 0.426. The van der Waals surface area contributed by atoms with Crippen molar-refractivity contribution in [3.8, 4) is 5.75 Å². The maximum Gasteiger partial charge on any atom is 0.174 e. The summed E-state index contributed by atoms with van der Waals surface area (Å²) in [7, 11) is 1.64. The zero-order valence-corrected chi connectivity index (χ0v) is 15.4. The Morgan fingerprint density at radius 3 is 2.85 bits per heavy atom. The van der Waals surface area contributed by atoms with Gasteiger partial charge in [-0.05, 0) is 54.6 Å². The summed E-state index contributed by atoms with van der Waals surface area (Å²) in [5.74, 6) is 2.37. The van der Waals surface area contributed by atoms with Crippen LogP contribution in [0.15, 0.2) is 59.6 Å². The summed E-state index contributed by atoms with van der Waals surface area (Å²) in [6, 6.07) is 14.8. The number of nitrogens with two attached hydrogens (primary N) is 1. The minimum atomic E-state index is 0.333. The summed E-state index contributed by atoms with van der Waals surface area (Å²) in [4.78, 5) is 8.65. The van der Waals surface area contributed by atoms with Crippen molar-refractivity contribution in [2.24, 2.45) is 10.7 Å². The summed E-state index contributed by atoms with van der Waals surface area (Å²) in [5, 5.41) is 10.9. The van der Waals surface area contributed by atoms with E-state index in [-0.39, 0.29) is 0 Å². The first-order valence-electron chi connectivity index (χ1n) is 8.19. The maximum absolute atomic E-state index is 5.93. The third-order valence-electron chi connectivity index (χ3n) is 3.57. The molecule has 4 N–H and O–H groups in total. The second-order valence-corrected chi connectivity index (χ2v) is 6.01. The minimum absolute atomic E-state index is 0.333. The Morgan fingerprint density at radius 2 is 2.11 bits per heavy atom. The summed E-state index contributed by atoms with van der Waals surface area (Å²) < 4.78 is 5.13. The predicted molar refractivity (Wildman–Crippen MR) is 108 cm³/mol. The van der Waals surface area contributed by atoms with Gasteiger partial charge in [-0.1, -0.05) is 17.7 Å². The van der Waals surface area contributed by atoms with E-state index >= 15 is 0 Å². The Hall–Kier alpha value is -3.32. The Bertz CT molecular complexity index is 949. The number of amidine groups is 1. The number of aliphatic imine (C=N–C) groups is 1. The zero-order chi connectivity index (χ0) is 19.1. The lowest BCUT2D eigenvalue weighted by molar-refractivity contribution is 0.415. The Labute approximate surface area is 161 Å². The largest absolute Gasteiger partial charge is 0.497 e. The molecule has 0 aliphatic heterocycles. The molecule has 0 unspecified atom stereocenters. The molecule has 0 atom stereocenters. The molecule has 0 aliphatic carbocycles. The number of anilines is 1. The van der Waals surface area contributed by atoms with Crippen LogP contribution >= 0.6 is 11.6 Å². The molecule has 0 saturated heterocycles. The number of aromatic nitrogens is 3. The van der Waals surface area contributed by atoms with E-state index in [1.165, 1.54) is 0 Å². The van der Waals surface area contributed by atoms with E-state index < -0.39 is 0 Å². The van der Waals surface area contributed by atoms with Crippen LogP contribution < -0.4 is 15.8 Å². The fraction of sp³-hybridized carbons (Fsp3) is 0.105. The highest BCUT2D eigenvalue weighted by molar-refractivity contribution is 6.30. The molecule has 27 heavy (non-hydrogen) atoms. The Morgan fingerprint density at radius 1 is 1.30 bits per heavy atom. The molecular formula is C19H19ClN6O. The van der Waals surface area contributed by atoms with Crippen LogP contribution in [-0.4, -0.2) is 28.1 Å². The molecular weight excluding hydrogens is 364 g/mol. The highest BCUT2D eigenvalue weighted by Gasteiger charge is 2.01. The van der Waals surface area contributed by atoms with E-state index in [2.05, 4.69) is 25.5 Å². The van der Waals surface area contributed by atoms with Gasteiger partial charge in [0.15, 0.2) is 5.82 Å². The molecule has 0 saturated carbocycles. The fourth-order valence-electron chi connectivity index (χ4n) is 2.25. The minimum Gasteiger partial charge on any atom is -0.497 e. The van der Waals surface area contributed by atoms with Crippen molar-refractivity contribution in [2.75, 3.05) is 12.4 Å². The number of methoxy groups -OCH3 is 1. The zero-order valence-electron chi connectivity index (χ0n) is 14.7. The number of hydrogen-bond donors (Lipinski definition) is 3. The topological polar surface area (TPSA) is 101 Å². The Kier molecular flexibility index (Phi) is 6.06. The SMILES string of the molecule is COc1ccc(NCc2nc(/C=C\C(N)=Nc3cccc(Cl)c3)n[nH]2)cc1. The van der Waals surface area contributed by atoms with Crippen LogP contribution in [0, 0.1) is 0 Å². The van der Waals surface area contributed by atoms with Crippen LogP contribution in [0.25, 0.3) is 6.08 Å². The van der Waals surface area contributed by atoms with Crippen molar-refractivity contribution in [3.05, 3.63) is 71.3 Å². The van der Waals surface area contributed by atoms with Gasteiger partial charge in [-0.15, -0.1) is 0 Å². The lowest BCUT2D eigenvalue weighted by Gasteiger charge is -2.05. The van der Waals surface area contributed by atoms with E-state index in [1.54, 1.807) is 31.4 Å². The Balaban J connectivity index is 1.57. The fourth-order valence-corrected chi connectivity index (χ4v) is 2.43. The number of aromatic amines is 1. The highest BCUT2D eigenvalue weighted by Crippen LogP contribution is 2.18. The van der Waals surface area contributed by atoms with E-state index in [0.717, 1.165) is 11.4 Å². The molecule has 0 aliphatic rings. The number of benzene rings is 2. The third kappa shape index (κ3) is 5.58. The van der Waals surface area contributed by atoms with Gasteiger partial charge in [0, 0.05) is 10.7 Å². The van der Waals surface area contributed by atoms with Crippen molar-refractivity contribution in [3.63, 3.8) is 0 Å². The van der Waals surface area contributed by atoms with Crippen LogP contribution in [-0.2, 0) is 6.54 Å². The molecule has 0 amide bonds. The molecule has 8 heteroatoms. The molecule has 1 aromatic heterocycles. The normalized spacial score (nSPS) is 11.7. The predicted octanol–water partition coefficient (Wildman–Crippen LogP) is 3.78. The summed E-state index contributed by atoms with van der Waals surface area (Å²) in [6.07, 6.45) is 3.33. The monoisotopic (exact) mass is 382 g/mol. The van der Waals surface area contributed by atoms with Gasteiger partial charge in [0.1, 0.15) is 17.4 Å². The molecule has 0 radical (unpaired) electrons. The summed E-state index contributed by atoms with van der Waals surface area (Å²) in [6.45, 7) is 0.513. The van der Waals surface area contributed by atoms with Gasteiger partial charge < -0.3 is 15.8 Å². The highest BCUT2D eigenvalue weighted by atomic mass is 35.5. The number of nitrogens with zero attached hydrogens (tertiary/aromatic N) is 3. The van der Waals surface area contributed by atoms with E-state index in [0.29, 0.717) is 34.7 Å². The maximum atomic E-state index is 5.93. The van der Waals surface area contributed by atoms with Gasteiger partial charge in [-0.25, -0.2) is 9.98 Å². The molecule has 138 valence electrons. The van der Waals surface area contributed by atoms with Crippen LogP contribution in [0.3, 0.4) is 0 Å². The van der Waals surface area contributed by atoms with Gasteiger partial charge in [0.2, 0.25) is 0 Å². The second-order valence-electron chi connectivity index (χ2n) is 5.57. The number of nitrogens with one attached hydrogen (secondary N) is 2. The number of rotatable bonds is 7. The first kappa shape index (κ1) is 18.5. The van der Waals surface area contributed by atoms with Gasteiger partial charge in [0.05, 0.1) is 19.3 Å². The molecule has 3 rings (SSSR count). The van der Waals surface area contributed by atoms with E-state index in [9.17, 15) is 0 Å². The average molecular weight is 383 g/mol. The van der Waals surface area contributed by atoms with Gasteiger partial charge in [0.25, 0.3) is 0 Å². The molecule has 7 nitrogen and oxygen atoms in total. The number of halogens is 1. The molecule has 0 fully saturated rings. The number of ether oxygens (including phenoxy) is 1. The number of H-pyrrole nitrogens is 1.